The zero-order valence-corrected chi connectivity index (χ0v) is 21.2. The molecule has 0 saturated heterocycles. The van der Waals surface area contributed by atoms with Crippen molar-refractivity contribution in [1.82, 2.24) is 24.4 Å². The van der Waals surface area contributed by atoms with E-state index in [1.807, 2.05) is 30.3 Å². The number of H-pyrrole nitrogens is 1. The van der Waals surface area contributed by atoms with Crippen molar-refractivity contribution < 1.29 is 13.9 Å². The predicted octanol–water partition coefficient (Wildman–Crippen LogP) is 1.34. The van der Waals surface area contributed by atoms with Crippen LogP contribution in [0.4, 0.5) is 15.9 Å². The van der Waals surface area contributed by atoms with E-state index in [1.54, 1.807) is 13.0 Å². The normalized spacial score (nSPS) is 10.9. The van der Waals surface area contributed by atoms with Crippen LogP contribution in [0.25, 0.3) is 0 Å². The van der Waals surface area contributed by atoms with E-state index >= 15 is 0 Å². The highest BCUT2D eigenvalue weighted by Crippen LogP contribution is 2.22. The molecule has 0 aliphatic heterocycles. The molecule has 12 nitrogen and oxygen atoms in total. The third-order valence-electron chi connectivity index (χ3n) is 5.54. The van der Waals surface area contributed by atoms with Crippen LogP contribution in [0.15, 0.2) is 69.3 Å². The van der Waals surface area contributed by atoms with Crippen LogP contribution in [0.2, 0.25) is 0 Å². The minimum Gasteiger partial charge on any atom is -0.482 e. The molecule has 0 fully saturated rings. The van der Waals surface area contributed by atoms with Crippen LogP contribution in [0.5, 0.6) is 5.75 Å². The number of nitrogen functional groups attached to an aromatic ring is 2. The van der Waals surface area contributed by atoms with Crippen molar-refractivity contribution in [3.63, 3.8) is 0 Å². The molecular formula is C24H25FN8O4S. The number of aromatic amines is 1. The highest BCUT2D eigenvalue weighted by molar-refractivity contribution is 7.99. The molecule has 4 rings (SSSR count). The van der Waals surface area contributed by atoms with Crippen molar-refractivity contribution in [3.8, 4) is 5.75 Å². The first-order valence-corrected chi connectivity index (χ1v) is 12.4. The second-order valence-corrected chi connectivity index (χ2v) is 8.92. The second-order valence-electron chi connectivity index (χ2n) is 7.98. The Hall–Kier alpha value is -4.59. The molecule has 0 aliphatic carbocycles. The summed E-state index contributed by atoms with van der Waals surface area (Å²) in [5.41, 5.74) is 5.45. The predicted molar refractivity (Wildman–Crippen MR) is 141 cm³/mol. The van der Waals surface area contributed by atoms with Crippen molar-refractivity contribution in [1.29, 1.82) is 0 Å². The van der Waals surface area contributed by atoms with Crippen LogP contribution in [-0.4, -0.2) is 42.6 Å². The number of thioether (sulfide) groups is 1. The molecule has 0 saturated carbocycles. The third-order valence-corrected chi connectivity index (χ3v) is 6.47. The van der Waals surface area contributed by atoms with Crippen LogP contribution in [-0.2, 0) is 17.9 Å². The quantitative estimate of drug-likeness (QED) is 0.199. The number of ether oxygens (including phenoxy) is 1. The Bertz CT molecular complexity index is 1550. The van der Waals surface area contributed by atoms with Gasteiger partial charge >= 0.3 is 5.69 Å². The Morgan fingerprint density at radius 1 is 1.13 bits per heavy atom. The molecule has 0 radical (unpaired) electrons. The van der Waals surface area contributed by atoms with Gasteiger partial charge in [-0.15, -0.1) is 10.2 Å². The first-order valence-electron chi connectivity index (χ1n) is 11.5. The van der Waals surface area contributed by atoms with Gasteiger partial charge in [-0.3, -0.25) is 19.1 Å². The lowest BCUT2D eigenvalue weighted by molar-refractivity contribution is -0.116. The van der Waals surface area contributed by atoms with Gasteiger partial charge < -0.3 is 21.2 Å². The molecule has 1 amide bonds. The Morgan fingerprint density at radius 3 is 2.55 bits per heavy atom. The number of hydrogen-bond donors (Lipinski definition) is 3. The van der Waals surface area contributed by atoms with Gasteiger partial charge in [0.25, 0.3) is 5.56 Å². The molecule has 38 heavy (non-hydrogen) atoms. The topological polar surface area (TPSA) is 167 Å². The van der Waals surface area contributed by atoms with E-state index in [0.29, 0.717) is 0 Å². The van der Waals surface area contributed by atoms with E-state index in [0.717, 1.165) is 22.0 Å². The maximum Gasteiger partial charge on any atom is 0.330 e. The zero-order valence-electron chi connectivity index (χ0n) is 20.3. The van der Waals surface area contributed by atoms with Crippen molar-refractivity contribution in [2.24, 2.45) is 0 Å². The zero-order chi connectivity index (χ0) is 27.2. The average molecular weight is 541 g/mol. The fourth-order valence-electron chi connectivity index (χ4n) is 3.63. The van der Waals surface area contributed by atoms with Crippen LogP contribution >= 0.6 is 11.8 Å². The smallest absolute Gasteiger partial charge is 0.330 e. The lowest BCUT2D eigenvalue weighted by Crippen LogP contribution is -2.42. The SMILES string of the molecule is CCN(C(=O)CSc1nnc(COc2ccccc2F)n1N)c1c(N)n(Cc2ccccc2)c(=O)[nH]c1=O. The first kappa shape index (κ1) is 26.5. The standard InChI is InChI=1S/C24H25FN8O4S/c1-2-31(20-21(26)32(23(36)28-22(20)35)12-15-8-4-3-5-9-15)19(34)14-38-24-30-29-18(33(24)27)13-37-17-11-7-6-10-16(17)25/h3-11H,2,12-14,26-27H2,1H3,(H,28,35,36). The summed E-state index contributed by atoms with van der Waals surface area (Å²) >= 11 is 0.983. The van der Waals surface area contributed by atoms with E-state index in [2.05, 4.69) is 15.2 Å². The minimum atomic E-state index is -0.772. The molecule has 2 heterocycles. The van der Waals surface area contributed by atoms with E-state index in [9.17, 15) is 18.8 Å². The molecule has 5 N–H and O–H groups in total. The summed E-state index contributed by atoms with van der Waals surface area (Å²) in [6, 6.07) is 15.0. The van der Waals surface area contributed by atoms with E-state index in [1.165, 1.54) is 27.7 Å². The molecule has 0 aliphatic rings. The number of benzene rings is 2. The second kappa shape index (κ2) is 11.6. The van der Waals surface area contributed by atoms with E-state index in [4.69, 9.17) is 16.3 Å². The summed E-state index contributed by atoms with van der Waals surface area (Å²) in [6.45, 7) is 1.77. The Morgan fingerprint density at radius 2 is 1.84 bits per heavy atom. The fourth-order valence-corrected chi connectivity index (χ4v) is 4.38. The van der Waals surface area contributed by atoms with Crippen molar-refractivity contribution in [2.45, 2.75) is 25.2 Å². The number of nitrogens with two attached hydrogens (primary N) is 2. The molecule has 0 bridgehead atoms. The summed E-state index contributed by atoms with van der Waals surface area (Å²) in [7, 11) is 0. The summed E-state index contributed by atoms with van der Waals surface area (Å²) in [6.07, 6.45) is 0. The summed E-state index contributed by atoms with van der Waals surface area (Å²) in [5, 5.41) is 8.10. The van der Waals surface area contributed by atoms with Crippen molar-refractivity contribution in [2.75, 3.05) is 28.8 Å². The molecule has 14 heteroatoms. The molecule has 0 unspecified atom stereocenters. The van der Waals surface area contributed by atoms with Gasteiger partial charge in [-0.25, -0.2) is 13.9 Å². The summed E-state index contributed by atoms with van der Waals surface area (Å²) in [5.74, 6) is 5.00. The Kier molecular flexibility index (Phi) is 8.11. The molecular weight excluding hydrogens is 515 g/mol. The molecule has 2 aromatic carbocycles. The van der Waals surface area contributed by atoms with Gasteiger partial charge in [-0.2, -0.15) is 0 Å². The number of aromatic nitrogens is 5. The van der Waals surface area contributed by atoms with Gasteiger partial charge in [0, 0.05) is 6.54 Å². The van der Waals surface area contributed by atoms with Gasteiger partial charge in [0.2, 0.25) is 11.1 Å². The number of hydrogen-bond acceptors (Lipinski definition) is 9. The lowest BCUT2D eigenvalue weighted by Gasteiger charge is -2.23. The highest BCUT2D eigenvalue weighted by Gasteiger charge is 2.24. The van der Waals surface area contributed by atoms with E-state index in [-0.39, 0.29) is 53.7 Å². The number of carbonyl (C=O) groups excluding carboxylic acids is 1. The van der Waals surface area contributed by atoms with Crippen LogP contribution in [0.1, 0.15) is 18.3 Å². The first-order chi connectivity index (χ1) is 18.3. The highest BCUT2D eigenvalue weighted by atomic mass is 32.2. The summed E-state index contributed by atoms with van der Waals surface area (Å²) < 4.78 is 21.5. The van der Waals surface area contributed by atoms with Crippen LogP contribution in [0, 0.1) is 5.82 Å². The lowest BCUT2D eigenvalue weighted by atomic mass is 10.2. The largest absolute Gasteiger partial charge is 0.482 e. The van der Waals surface area contributed by atoms with Gasteiger partial charge in [0.1, 0.15) is 12.4 Å². The minimum absolute atomic E-state index is 0.0369. The monoisotopic (exact) mass is 540 g/mol. The number of nitrogens with one attached hydrogen (secondary N) is 1. The van der Waals surface area contributed by atoms with Gasteiger partial charge in [0.05, 0.1) is 12.3 Å². The molecule has 198 valence electrons. The molecule has 0 spiro atoms. The number of amides is 1. The number of rotatable bonds is 10. The van der Waals surface area contributed by atoms with Gasteiger partial charge in [-0.1, -0.05) is 54.2 Å². The van der Waals surface area contributed by atoms with Crippen LogP contribution < -0.4 is 32.5 Å². The van der Waals surface area contributed by atoms with Crippen molar-refractivity contribution >= 4 is 29.2 Å². The molecule has 0 atom stereocenters. The number of anilines is 2. The van der Waals surface area contributed by atoms with Gasteiger partial charge in [-0.05, 0) is 24.6 Å². The average Bonchev–Trinajstić information content (AvgIpc) is 3.26. The number of carbonyl (C=O) groups is 1. The van der Waals surface area contributed by atoms with Gasteiger partial charge in [0.15, 0.2) is 23.1 Å². The maximum atomic E-state index is 13.8. The fraction of sp³-hybridized carbons (Fsp3) is 0.208. The van der Waals surface area contributed by atoms with Crippen molar-refractivity contribution in [3.05, 3.63) is 92.6 Å². The molecule has 2 aromatic heterocycles. The number of para-hydroxylation sites is 1. The number of halogens is 1. The number of nitrogens with zero attached hydrogens (tertiary/aromatic N) is 5. The third kappa shape index (κ3) is 5.70. The van der Waals surface area contributed by atoms with E-state index < -0.39 is 23.0 Å². The Labute approximate surface area is 220 Å². The Balaban J connectivity index is 1.48. The maximum absolute atomic E-state index is 13.8. The summed E-state index contributed by atoms with van der Waals surface area (Å²) in [4.78, 5) is 41.7. The van der Waals surface area contributed by atoms with Crippen LogP contribution in [0.3, 0.4) is 0 Å². The molecule has 4 aromatic rings.